The van der Waals surface area contributed by atoms with Crippen molar-refractivity contribution >= 4 is 38.1 Å². The Morgan fingerprint density at radius 1 is 1.14 bits per heavy atom. The van der Waals surface area contributed by atoms with Crippen LogP contribution in [-0.4, -0.2) is 23.1 Å². The predicted octanol–water partition coefficient (Wildman–Crippen LogP) is 5.00. The second-order valence-electron chi connectivity index (χ2n) is 6.52. The van der Waals surface area contributed by atoms with Crippen molar-refractivity contribution in [2.75, 3.05) is 5.75 Å². The number of hydrogen-bond donors (Lipinski definition) is 0. The van der Waals surface area contributed by atoms with E-state index in [1.54, 1.807) is 31.2 Å². The second-order valence-corrected chi connectivity index (χ2v) is 8.41. The van der Waals surface area contributed by atoms with Gasteiger partial charge in [0.25, 0.3) is 0 Å². The lowest BCUT2D eigenvalue weighted by Gasteiger charge is -2.08. The smallest absolute Gasteiger partial charge is 0.416 e. The van der Waals surface area contributed by atoms with Gasteiger partial charge in [0.15, 0.2) is 11.5 Å². The van der Waals surface area contributed by atoms with Gasteiger partial charge in [-0.1, -0.05) is 18.2 Å². The summed E-state index contributed by atoms with van der Waals surface area (Å²) in [5.41, 5.74) is 1.44. The van der Waals surface area contributed by atoms with E-state index >= 15 is 0 Å². The van der Waals surface area contributed by atoms with Crippen LogP contribution in [0.1, 0.15) is 17.0 Å². The standard InChI is InChI=1S/C20H15F3N2O3S/c1-13-24-17-6-4-14(11-19(17)28-13)3-2-10-29(26,27)25-9-8-15-12-16(20(21,22)23)5-7-18(15)25/h2-9,11-12H,10H2,1H3. The third-order valence-electron chi connectivity index (χ3n) is 4.42. The number of nitrogens with zero attached hydrogens (tertiary/aromatic N) is 2. The van der Waals surface area contributed by atoms with Crippen molar-refractivity contribution in [1.29, 1.82) is 0 Å². The Balaban J connectivity index is 1.58. The molecule has 0 saturated heterocycles. The molecule has 0 saturated carbocycles. The fourth-order valence-electron chi connectivity index (χ4n) is 3.08. The van der Waals surface area contributed by atoms with Crippen molar-refractivity contribution in [2.45, 2.75) is 13.1 Å². The molecule has 0 atom stereocenters. The number of fused-ring (bicyclic) bond motifs is 2. The van der Waals surface area contributed by atoms with Gasteiger partial charge in [-0.3, -0.25) is 0 Å². The molecule has 0 aliphatic carbocycles. The zero-order chi connectivity index (χ0) is 20.8. The van der Waals surface area contributed by atoms with E-state index in [0.717, 1.165) is 21.7 Å². The normalized spacial score (nSPS) is 13.1. The summed E-state index contributed by atoms with van der Waals surface area (Å²) in [6.07, 6.45) is -0.101. The lowest BCUT2D eigenvalue weighted by Crippen LogP contribution is -2.14. The van der Waals surface area contributed by atoms with Crippen LogP contribution in [-0.2, 0) is 16.2 Å². The lowest BCUT2D eigenvalue weighted by molar-refractivity contribution is -0.137. The van der Waals surface area contributed by atoms with Gasteiger partial charge in [0, 0.05) is 18.5 Å². The Kier molecular flexibility index (Phi) is 4.49. The second kappa shape index (κ2) is 6.77. The molecular weight excluding hydrogens is 405 g/mol. The van der Waals surface area contributed by atoms with Crippen LogP contribution in [0.3, 0.4) is 0 Å². The molecule has 0 amide bonds. The minimum atomic E-state index is -4.49. The van der Waals surface area contributed by atoms with Crippen LogP contribution in [0.15, 0.2) is 59.2 Å². The van der Waals surface area contributed by atoms with Gasteiger partial charge in [0.2, 0.25) is 10.0 Å². The first kappa shape index (κ1) is 19.3. The molecule has 9 heteroatoms. The van der Waals surface area contributed by atoms with Crippen molar-refractivity contribution in [3.8, 4) is 0 Å². The van der Waals surface area contributed by atoms with Crippen molar-refractivity contribution in [3.05, 3.63) is 71.8 Å². The summed E-state index contributed by atoms with van der Waals surface area (Å²) in [7, 11) is -3.79. The topological polar surface area (TPSA) is 65.1 Å². The maximum absolute atomic E-state index is 12.8. The number of alkyl halides is 3. The molecule has 2 heterocycles. The summed E-state index contributed by atoms with van der Waals surface area (Å²) in [6.45, 7) is 1.74. The zero-order valence-electron chi connectivity index (χ0n) is 15.1. The van der Waals surface area contributed by atoms with Crippen molar-refractivity contribution in [2.24, 2.45) is 0 Å². The average molecular weight is 420 g/mol. The minimum Gasteiger partial charge on any atom is -0.441 e. The molecule has 0 bridgehead atoms. The average Bonchev–Trinajstić information content (AvgIpc) is 3.22. The zero-order valence-corrected chi connectivity index (χ0v) is 16.0. The summed E-state index contributed by atoms with van der Waals surface area (Å²) in [5.74, 6) is 0.225. The van der Waals surface area contributed by atoms with E-state index in [1.807, 2.05) is 0 Å². The van der Waals surface area contributed by atoms with Crippen LogP contribution in [0, 0.1) is 6.92 Å². The van der Waals surface area contributed by atoms with Gasteiger partial charge in [0.05, 0.1) is 16.8 Å². The number of aryl methyl sites for hydroxylation is 1. The Labute approximate surface area is 164 Å². The van der Waals surface area contributed by atoms with Crippen LogP contribution in [0.4, 0.5) is 13.2 Å². The largest absolute Gasteiger partial charge is 0.441 e. The first-order valence-corrected chi connectivity index (χ1v) is 10.2. The van der Waals surface area contributed by atoms with Crippen molar-refractivity contribution < 1.29 is 26.0 Å². The molecular formula is C20H15F3N2O3S. The number of aromatic nitrogens is 2. The molecule has 4 aromatic rings. The molecule has 0 N–H and O–H groups in total. The molecule has 2 aromatic heterocycles. The van der Waals surface area contributed by atoms with E-state index in [4.69, 9.17) is 4.42 Å². The van der Waals surface area contributed by atoms with Gasteiger partial charge >= 0.3 is 6.18 Å². The fourth-order valence-corrected chi connectivity index (χ4v) is 4.29. The van der Waals surface area contributed by atoms with Crippen LogP contribution in [0.5, 0.6) is 0 Å². The van der Waals surface area contributed by atoms with E-state index in [1.165, 1.54) is 24.4 Å². The molecule has 0 aliphatic rings. The number of benzene rings is 2. The van der Waals surface area contributed by atoms with E-state index < -0.39 is 21.8 Å². The molecule has 5 nitrogen and oxygen atoms in total. The molecule has 29 heavy (non-hydrogen) atoms. The van der Waals surface area contributed by atoms with E-state index in [2.05, 4.69) is 4.98 Å². The summed E-state index contributed by atoms with van der Waals surface area (Å²) in [6, 6.07) is 9.65. The van der Waals surface area contributed by atoms with Crippen molar-refractivity contribution in [3.63, 3.8) is 0 Å². The third kappa shape index (κ3) is 3.77. The van der Waals surface area contributed by atoms with E-state index in [0.29, 0.717) is 17.0 Å². The Morgan fingerprint density at radius 3 is 2.69 bits per heavy atom. The molecule has 150 valence electrons. The maximum atomic E-state index is 12.8. The number of rotatable bonds is 4. The summed E-state index contributed by atoms with van der Waals surface area (Å²) in [4.78, 5) is 4.20. The lowest BCUT2D eigenvalue weighted by atomic mass is 10.1. The van der Waals surface area contributed by atoms with Crippen LogP contribution in [0.2, 0.25) is 0 Å². The minimum absolute atomic E-state index is 0.199. The number of oxazole rings is 1. The monoisotopic (exact) mass is 420 g/mol. The van der Waals surface area contributed by atoms with Gasteiger partial charge in [-0.05, 0) is 42.0 Å². The molecule has 0 fully saturated rings. The molecule has 0 unspecified atom stereocenters. The van der Waals surface area contributed by atoms with E-state index in [9.17, 15) is 21.6 Å². The predicted molar refractivity (Wildman–Crippen MR) is 104 cm³/mol. The van der Waals surface area contributed by atoms with Gasteiger partial charge < -0.3 is 4.42 Å². The molecule has 4 rings (SSSR count). The molecule has 2 aromatic carbocycles. The maximum Gasteiger partial charge on any atom is 0.416 e. The van der Waals surface area contributed by atoms with Gasteiger partial charge in [0.1, 0.15) is 5.52 Å². The highest BCUT2D eigenvalue weighted by molar-refractivity contribution is 7.90. The molecule has 0 radical (unpaired) electrons. The Bertz CT molecular complexity index is 1350. The molecule has 0 aliphatic heterocycles. The van der Waals surface area contributed by atoms with Crippen molar-refractivity contribution in [1.82, 2.24) is 8.96 Å². The summed E-state index contributed by atoms with van der Waals surface area (Å²) >= 11 is 0. The van der Waals surface area contributed by atoms with E-state index in [-0.39, 0.29) is 16.7 Å². The van der Waals surface area contributed by atoms with Crippen LogP contribution in [0.25, 0.3) is 28.1 Å². The fraction of sp³-hybridized carbons (Fsp3) is 0.150. The van der Waals surface area contributed by atoms with Gasteiger partial charge in [-0.2, -0.15) is 13.2 Å². The number of halogens is 3. The van der Waals surface area contributed by atoms with Gasteiger partial charge in [-0.15, -0.1) is 0 Å². The van der Waals surface area contributed by atoms with Crippen LogP contribution < -0.4 is 0 Å². The first-order chi connectivity index (χ1) is 13.6. The highest BCUT2D eigenvalue weighted by Gasteiger charge is 2.30. The number of hydrogen-bond acceptors (Lipinski definition) is 4. The summed E-state index contributed by atoms with van der Waals surface area (Å²) < 4.78 is 70.3. The molecule has 0 spiro atoms. The third-order valence-corrected chi connectivity index (χ3v) is 5.95. The van der Waals surface area contributed by atoms with Gasteiger partial charge in [-0.25, -0.2) is 17.4 Å². The Morgan fingerprint density at radius 2 is 1.93 bits per heavy atom. The van der Waals surface area contributed by atoms with Crippen LogP contribution >= 0.6 is 0 Å². The highest BCUT2D eigenvalue weighted by atomic mass is 32.2. The highest BCUT2D eigenvalue weighted by Crippen LogP contribution is 2.32. The summed E-state index contributed by atoms with van der Waals surface area (Å²) in [5, 5.41) is 0.207. The Hall–Kier alpha value is -3.07. The first-order valence-electron chi connectivity index (χ1n) is 8.59. The SMILES string of the molecule is Cc1nc2ccc(C=CCS(=O)(=O)n3ccc4cc(C(F)(F)F)ccc43)cc2o1. The quantitative estimate of drug-likeness (QED) is 0.466.